The van der Waals surface area contributed by atoms with Gasteiger partial charge in [0.05, 0.1) is 30.3 Å². The van der Waals surface area contributed by atoms with Crippen LogP contribution >= 0.6 is 31.9 Å². The van der Waals surface area contributed by atoms with Crippen LogP contribution in [0.4, 0.5) is 17.6 Å². The smallest absolute Gasteiger partial charge is 0.535 e. The van der Waals surface area contributed by atoms with Gasteiger partial charge in [0.2, 0.25) is 0 Å². The highest BCUT2D eigenvalue weighted by molar-refractivity contribution is 9.11. The summed E-state index contributed by atoms with van der Waals surface area (Å²) in [7, 11) is 5.19. The molecular formula is C34H30BBr2F4O5. The van der Waals surface area contributed by atoms with Crippen molar-refractivity contribution in [1.82, 2.24) is 0 Å². The van der Waals surface area contributed by atoms with Crippen molar-refractivity contribution in [3.63, 3.8) is 0 Å². The van der Waals surface area contributed by atoms with E-state index in [1.54, 1.807) is 73.8 Å². The van der Waals surface area contributed by atoms with Crippen molar-refractivity contribution >= 4 is 39.5 Å². The average molecular weight is 765 g/mol. The van der Waals surface area contributed by atoms with Crippen LogP contribution in [0.2, 0.25) is 0 Å². The third kappa shape index (κ3) is 10.0. The molecule has 0 aliphatic carbocycles. The summed E-state index contributed by atoms with van der Waals surface area (Å²) in [4.78, 5) is 0. The van der Waals surface area contributed by atoms with E-state index in [-0.39, 0.29) is 27.5 Å². The van der Waals surface area contributed by atoms with Crippen LogP contribution in [0.25, 0.3) is 22.3 Å². The molecule has 0 aromatic heterocycles. The average Bonchev–Trinajstić information content (AvgIpc) is 3.05. The number of ether oxygens (including phenoxy) is 3. The summed E-state index contributed by atoms with van der Waals surface area (Å²) in [5.74, 6) is -0.342. The second-order valence-corrected chi connectivity index (χ2v) is 10.5. The van der Waals surface area contributed by atoms with E-state index in [1.807, 2.05) is 6.07 Å². The molecule has 0 saturated heterocycles. The van der Waals surface area contributed by atoms with E-state index in [0.29, 0.717) is 41.8 Å². The summed E-state index contributed by atoms with van der Waals surface area (Å²) in [6.07, 6.45) is 0. The van der Waals surface area contributed by atoms with E-state index in [9.17, 15) is 17.6 Å². The fourth-order valence-corrected chi connectivity index (χ4v) is 4.96. The Balaban J connectivity index is 0.000000278. The second-order valence-electron chi connectivity index (χ2n) is 8.77. The van der Waals surface area contributed by atoms with Gasteiger partial charge in [0.1, 0.15) is 40.5 Å². The SMILES string of the molecule is C.COc1ccccc1-c1cc(-c2ccccc2OC)c(F)cc1F.COc1ccccc1O[B]O.Fc1cc(F)c(Br)cc1Br. The van der Waals surface area contributed by atoms with Gasteiger partial charge in [0.15, 0.2) is 5.75 Å². The highest BCUT2D eigenvalue weighted by Gasteiger charge is 2.17. The van der Waals surface area contributed by atoms with Crippen LogP contribution in [0.3, 0.4) is 0 Å². The zero-order valence-electron chi connectivity index (χ0n) is 24.2. The molecule has 0 spiro atoms. The lowest BCUT2D eigenvalue weighted by molar-refractivity contribution is 0.381. The van der Waals surface area contributed by atoms with Crippen LogP contribution in [0, 0.1) is 23.3 Å². The summed E-state index contributed by atoms with van der Waals surface area (Å²) >= 11 is 5.82. The molecule has 241 valence electrons. The Morgan fingerprint density at radius 1 is 0.500 bits per heavy atom. The molecule has 1 radical (unpaired) electrons. The van der Waals surface area contributed by atoms with Gasteiger partial charge in [-0.15, -0.1) is 0 Å². The van der Waals surface area contributed by atoms with Crippen molar-refractivity contribution in [3.8, 4) is 45.3 Å². The predicted octanol–water partition coefficient (Wildman–Crippen LogP) is 10.0. The van der Waals surface area contributed by atoms with Gasteiger partial charge in [-0.3, -0.25) is 0 Å². The highest BCUT2D eigenvalue weighted by Crippen LogP contribution is 2.38. The van der Waals surface area contributed by atoms with Gasteiger partial charge in [-0.2, -0.15) is 0 Å². The summed E-state index contributed by atoms with van der Waals surface area (Å²) in [6.45, 7) is 0. The third-order valence-corrected chi connectivity index (χ3v) is 7.28. The summed E-state index contributed by atoms with van der Waals surface area (Å²) in [5.41, 5.74) is 1.67. The van der Waals surface area contributed by atoms with E-state index in [2.05, 4.69) is 31.9 Å². The number of methoxy groups -OCH3 is 3. The molecule has 46 heavy (non-hydrogen) atoms. The minimum atomic E-state index is -0.643. The lowest BCUT2D eigenvalue weighted by Crippen LogP contribution is -2.01. The zero-order valence-corrected chi connectivity index (χ0v) is 27.3. The first-order valence-electron chi connectivity index (χ1n) is 13.0. The number of hydrogen-bond acceptors (Lipinski definition) is 5. The summed E-state index contributed by atoms with van der Waals surface area (Å²) in [6, 6.07) is 25.7. The van der Waals surface area contributed by atoms with Gasteiger partial charge in [-0.1, -0.05) is 56.0 Å². The number of benzene rings is 5. The van der Waals surface area contributed by atoms with E-state index >= 15 is 0 Å². The minimum absolute atomic E-state index is 0. The van der Waals surface area contributed by atoms with Gasteiger partial charge in [0.25, 0.3) is 0 Å². The fraction of sp³-hybridized carbons (Fsp3) is 0.118. The third-order valence-electron chi connectivity index (χ3n) is 6.06. The largest absolute Gasteiger partial charge is 0.569 e. The standard InChI is InChI=1S/C20H16F2O2.C7H8BO3.C6H2Br2F2.CH4/c1-23-19-9-5-3-7-13(19)15-11-16(18(22)12-17(15)21)14-8-4-6-10-20(14)24-2;1-10-6-4-2-3-5-7(6)11-8-9;7-3-1-4(8)6(10)2-5(3)9;/h3-12H,1-2H3;2-5,9H,1H3;1-2H;1H4. The van der Waals surface area contributed by atoms with Crippen LogP contribution in [0.1, 0.15) is 7.43 Å². The summed E-state index contributed by atoms with van der Waals surface area (Å²) < 4.78 is 74.5. The molecule has 5 aromatic carbocycles. The molecule has 0 amide bonds. The molecule has 5 rings (SSSR count). The maximum atomic E-state index is 14.4. The maximum absolute atomic E-state index is 14.4. The molecule has 0 fully saturated rings. The Kier molecular flexibility index (Phi) is 15.6. The molecule has 0 aliphatic heterocycles. The molecule has 1 N–H and O–H groups in total. The van der Waals surface area contributed by atoms with Crippen molar-refractivity contribution in [1.29, 1.82) is 0 Å². The van der Waals surface area contributed by atoms with Crippen molar-refractivity contribution in [2.45, 2.75) is 7.43 Å². The van der Waals surface area contributed by atoms with Crippen LogP contribution < -0.4 is 18.9 Å². The van der Waals surface area contributed by atoms with Crippen molar-refractivity contribution < 1.29 is 41.5 Å². The molecule has 0 unspecified atom stereocenters. The summed E-state index contributed by atoms with van der Waals surface area (Å²) in [5, 5.41) is 8.34. The van der Waals surface area contributed by atoms with Gasteiger partial charge in [-0.25, -0.2) is 17.6 Å². The number of hydrogen-bond donors (Lipinski definition) is 1. The zero-order chi connectivity index (χ0) is 32.9. The van der Waals surface area contributed by atoms with E-state index in [4.69, 9.17) is 23.9 Å². The quantitative estimate of drug-likeness (QED) is 0.102. The molecule has 5 nitrogen and oxygen atoms in total. The Morgan fingerprint density at radius 3 is 1.26 bits per heavy atom. The molecule has 0 atom stereocenters. The first-order valence-corrected chi connectivity index (χ1v) is 14.5. The predicted molar refractivity (Wildman–Crippen MR) is 180 cm³/mol. The first-order chi connectivity index (χ1) is 21.6. The van der Waals surface area contributed by atoms with Crippen molar-refractivity contribution in [2.24, 2.45) is 0 Å². The minimum Gasteiger partial charge on any atom is -0.535 e. The van der Waals surface area contributed by atoms with Gasteiger partial charge in [-0.05, 0) is 68.3 Å². The first kappa shape index (κ1) is 38.2. The second kappa shape index (κ2) is 18.8. The fourth-order valence-electron chi connectivity index (χ4n) is 3.97. The Morgan fingerprint density at radius 2 is 0.870 bits per heavy atom. The lowest BCUT2D eigenvalue weighted by Gasteiger charge is -2.14. The van der Waals surface area contributed by atoms with Crippen molar-refractivity contribution in [2.75, 3.05) is 21.3 Å². The normalized spacial score (nSPS) is 9.78. The number of halogens is 6. The van der Waals surface area contributed by atoms with Crippen molar-refractivity contribution in [3.05, 3.63) is 129 Å². The van der Waals surface area contributed by atoms with Crippen LogP contribution in [0.15, 0.2) is 106 Å². The van der Waals surface area contributed by atoms with Crippen LogP contribution in [-0.2, 0) is 0 Å². The van der Waals surface area contributed by atoms with E-state index < -0.39 is 23.3 Å². The van der Waals surface area contributed by atoms with E-state index in [1.165, 1.54) is 26.4 Å². The number of rotatable bonds is 7. The van der Waals surface area contributed by atoms with Gasteiger partial charge < -0.3 is 23.9 Å². The van der Waals surface area contributed by atoms with Crippen LogP contribution in [-0.4, -0.2) is 34.0 Å². The van der Waals surface area contributed by atoms with Gasteiger partial charge >= 0.3 is 7.69 Å². The molecule has 0 bridgehead atoms. The molecule has 5 aromatic rings. The van der Waals surface area contributed by atoms with Crippen LogP contribution in [0.5, 0.6) is 23.0 Å². The Labute approximate surface area is 283 Å². The lowest BCUT2D eigenvalue weighted by atomic mass is 9.97. The molecule has 0 heterocycles. The maximum Gasteiger partial charge on any atom is 0.569 e. The Hall–Kier alpha value is -4.00. The monoisotopic (exact) mass is 763 g/mol. The highest BCUT2D eigenvalue weighted by atomic mass is 79.9. The van der Waals surface area contributed by atoms with Gasteiger partial charge in [0, 0.05) is 34.4 Å². The molecule has 0 aliphatic rings. The number of para-hydroxylation sites is 4. The molecule has 12 heteroatoms. The van der Waals surface area contributed by atoms with E-state index in [0.717, 1.165) is 12.1 Å². The topological polar surface area (TPSA) is 57.2 Å². The Bertz CT molecular complexity index is 1610. The molecule has 0 saturated carbocycles. The molecular weight excluding hydrogens is 735 g/mol.